The molecule has 2 aliphatic heterocycles. The summed E-state index contributed by atoms with van der Waals surface area (Å²) in [7, 11) is 0. The number of rotatable bonds is 4. The molecule has 0 N–H and O–H groups in total. The Bertz CT molecular complexity index is 843. The van der Waals surface area contributed by atoms with Crippen LogP contribution in [0.2, 0.25) is 5.02 Å². The molecule has 0 atom stereocenters. The Hall–Kier alpha value is -2.50. The van der Waals surface area contributed by atoms with Crippen molar-refractivity contribution in [2.24, 2.45) is 0 Å². The first-order valence-electron chi connectivity index (χ1n) is 9.04. The Morgan fingerprint density at radius 1 is 1.00 bits per heavy atom. The molecule has 1 fully saturated rings. The highest BCUT2D eigenvalue weighted by molar-refractivity contribution is 6.30. The Kier molecular flexibility index (Phi) is 5.32. The summed E-state index contributed by atoms with van der Waals surface area (Å²) >= 11 is 5.96. The summed E-state index contributed by atoms with van der Waals surface area (Å²) in [6, 6.07) is 13.3. The molecule has 4 rings (SSSR count). The van der Waals surface area contributed by atoms with E-state index in [-0.39, 0.29) is 5.78 Å². The molecule has 6 heteroatoms. The van der Waals surface area contributed by atoms with Crippen LogP contribution in [0.3, 0.4) is 0 Å². The Labute approximate surface area is 163 Å². The average molecular weight is 385 g/mol. The van der Waals surface area contributed by atoms with Crippen LogP contribution in [0.15, 0.2) is 54.8 Å². The zero-order chi connectivity index (χ0) is 18.6. The van der Waals surface area contributed by atoms with Gasteiger partial charge in [-0.1, -0.05) is 11.6 Å². The highest BCUT2D eigenvalue weighted by Gasteiger charge is 2.21. The van der Waals surface area contributed by atoms with Crippen LogP contribution in [-0.2, 0) is 0 Å². The number of ketones is 1. The first-order chi connectivity index (χ1) is 13.2. The molecule has 2 aromatic carbocycles. The largest absolute Gasteiger partial charge is 0.485 e. The first kappa shape index (κ1) is 17.9. The molecule has 5 nitrogen and oxygen atoms in total. The maximum atomic E-state index is 12.7. The molecule has 140 valence electrons. The van der Waals surface area contributed by atoms with Crippen molar-refractivity contribution >= 4 is 23.1 Å². The maximum absolute atomic E-state index is 12.7. The van der Waals surface area contributed by atoms with E-state index in [1.807, 2.05) is 24.3 Å². The van der Waals surface area contributed by atoms with E-state index in [4.69, 9.17) is 21.1 Å². The summed E-state index contributed by atoms with van der Waals surface area (Å²) in [6.07, 6.45) is 3.40. The number of hydrogen-bond acceptors (Lipinski definition) is 5. The molecule has 0 amide bonds. The summed E-state index contributed by atoms with van der Waals surface area (Å²) in [6.45, 7) is 4.33. The first-order valence-corrected chi connectivity index (χ1v) is 9.41. The molecular formula is C21H21ClN2O3. The van der Waals surface area contributed by atoms with Gasteiger partial charge in [0.05, 0.1) is 12.8 Å². The number of carbonyl (C=O) groups is 1. The lowest BCUT2D eigenvalue weighted by atomic mass is 10.1. The van der Waals surface area contributed by atoms with Crippen LogP contribution in [0, 0.1) is 0 Å². The van der Waals surface area contributed by atoms with Gasteiger partial charge in [-0.25, -0.2) is 0 Å². The van der Waals surface area contributed by atoms with E-state index in [9.17, 15) is 4.79 Å². The van der Waals surface area contributed by atoms with Crippen LogP contribution in [0.4, 0.5) is 5.69 Å². The van der Waals surface area contributed by atoms with Crippen molar-refractivity contribution in [1.29, 1.82) is 0 Å². The second-order valence-corrected chi connectivity index (χ2v) is 7.06. The van der Waals surface area contributed by atoms with Crippen LogP contribution >= 0.6 is 11.6 Å². The number of anilines is 1. The van der Waals surface area contributed by atoms with E-state index < -0.39 is 0 Å². The average Bonchev–Trinajstić information content (AvgIpc) is 2.94. The fourth-order valence-corrected chi connectivity index (χ4v) is 3.43. The number of halogens is 1. The third-order valence-electron chi connectivity index (χ3n) is 4.82. The van der Waals surface area contributed by atoms with Crippen LogP contribution in [0.5, 0.6) is 11.5 Å². The van der Waals surface area contributed by atoms with E-state index in [0.29, 0.717) is 30.2 Å². The quantitative estimate of drug-likeness (QED) is 0.753. The minimum Gasteiger partial charge on any atom is -0.485 e. The standard InChI is InChI=1S/C21H21ClN2O3/c22-17-3-5-18(6-4-17)24-10-8-23(9-11-24)15-19(25)16-2-7-20-21(14-16)27-13-1-12-26-20/h1-7,12,14H,8-11,13,15H2. The minimum atomic E-state index is 0.0959. The number of fused-ring (bicyclic) bond motifs is 1. The second kappa shape index (κ2) is 8.03. The molecular weight excluding hydrogens is 364 g/mol. The lowest BCUT2D eigenvalue weighted by Gasteiger charge is -2.35. The normalized spacial score (nSPS) is 16.9. The maximum Gasteiger partial charge on any atom is 0.176 e. The van der Waals surface area contributed by atoms with Gasteiger partial charge >= 0.3 is 0 Å². The SMILES string of the molecule is O=C(CN1CCN(c2ccc(Cl)cc2)CC1)c1ccc2c(c1)OCC=CO2. The predicted molar refractivity (Wildman–Crippen MR) is 106 cm³/mol. The molecule has 27 heavy (non-hydrogen) atoms. The van der Waals surface area contributed by atoms with Crippen molar-refractivity contribution in [2.75, 3.05) is 44.2 Å². The zero-order valence-corrected chi connectivity index (χ0v) is 15.7. The van der Waals surface area contributed by atoms with Gasteiger partial charge in [0.15, 0.2) is 17.3 Å². The summed E-state index contributed by atoms with van der Waals surface area (Å²) in [5, 5.41) is 0.744. The summed E-state index contributed by atoms with van der Waals surface area (Å²) in [4.78, 5) is 17.2. The molecule has 0 unspecified atom stereocenters. The number of benzene rings is 2. The number of Topliss-reactive ketones (excluding diaryl/α,β-unsaturated/α-hetero) is 1. The van der Waals surface area contributed by atoms with Crippen molar-refractivity contribution in [3.63, 3.8) is 0 Å². The van der Waals surface area contributed by atoms with Gasteiger partial charge in [-0.3, -0.25) is 9.69 Å². The topological polar surface area (TPSA) is 42.0 Å². The van der Waals surface area contributed by atoms with E-state index in [0.717, 1.165) is 31.2 Å². The van der Waals surface area contributed by atoms with Gasteiger partial charge in [0.25, 0.3) is 0 Å². The van der Waals surface area contributed by atoms with Gasteiger partial charge < -0.3 is 14.4 Å². The van der Waals surface area contributed by atoms with Gasteiger partial charge in [0.2, 0.25) is 0 Å². The van der Waals surface area contributed by atoms with Gasteiger partial charge in [0.1, 0.15) is 6.61 Å². The van der Waals surface area contributed by atoms with Gasteiger partial charge in [-0.05, 0) is 48.5 Å². The third kappa shape index (κ3) is 4.26. The molecule has 0 aliphatic carbocycles. The number of ether oxygens (including phenoxy) is 2. The molecule has 0 radical (unpaired) electrons. The molecule has 2 heterocycles. The smallest absolute Gasteiger partial charge is 0.176 e. The molecule has 1 saturated heterocycles. The van der Waals surface area contributed by atoms with Crippen LogP contribution in [0.1, 0.15) is 10.4 Å². The van der Waals surface area contributed by atoms with Crippen molar-refractivity contribution in [3.8, 4) is 11.5 Å². The summed E-state index contributed by atoms with van der Waals surface area (Å²) in [5.74, 6) is 1.34. The molecule has 2 aromatic rings. The van der Waals surface area contributed by atoms with E-state index in [1.165, 1.54) is 5.69 Å². The Balaban J connectivity index is 1.34. The van der Waals surface area contributed by atoms with Crippen LogP contribution in [0.25, 0.3) is 0 Å². The van der Waals surface area contributed by atoms with Crippen LogP contribution in [-0.4, -0.2) is 50.0 Å². The highest BCUT2D eigenvalue weighted by atomic mass is 35.5. The molecule has 0 bridgehead atoms. The monoisotopic (exact) mass is 384 g/mol. The van der Waals surface area contributed by atoms with E-state index in [2.05, 4.69) is 9.80 Å². The van der Waals surface area contributed by atoms with E-state index >= 15 is 0 Å². The predicted octanol–water partition coefficient (Wildman–Crippen LogP) is 3.63. The fourth-order valence-electron chi connectivity index (χ4n) is 3.30. The number of piperazine rings is 1. The van der Waals surface area contributed by atoms with Gasteiger partial charge in [-0.15, -0.1) is 0 Å². The fraction of sp³-hybridized carbons (Fsp3) is 0.286. The minimum absolute atomic E-state index is 0.0959. The Morgan fingerprint density at radius 3 is 2.56 bits per heavy atom. The van der Waals surface area contributed by atoms with Crippen LogP contribution < -0.4 is 14.4 Å². The number of hydrogen-bond donors (Lipinski definition) is 0. The second-order valence-electron chi connectivity index (χ2n) is 6.62. The van der Waals surface area contributed by atoms with Crippen molar-refractivity contribution in [1.82, 2.24) is 4.90 Å². The Morgan fingerprint density at radius 2 is 1.78 bits per heavy atom. The summed E-state index contributed by atoms with van der Waals surface area (Å²) in [5.41, 5.74) is 1.82. The number of nitrogens with zero attached hydrogens (tertiary/aromatic N) is 2. The van der Waals surface area contributed by atoms with Gasteiger partial charge in [0, 0.05) is 42.5 Å². The molecule has 2 aliphatic rings. The lowest BCUT2D eigenvalue weighted by Crippen LogP contribution is -2.48. The van der Waals surface area contributed by atoms with Crippen molar-refractivity contribution < 1.29 is 14.3 Å². The molecule has 0 saturated carbocycles. The van der Waals surface area contributed by atoms with Crippen molar-refractivity contribution in [2.45, 2.75) is 0 Å². The molecule has 0 aromatic heterocycles. The number of carbonyl (C=O) groups excluding carboxylic acids is 1. The third-order valence-corrected chi connectivity index (χ3v) is 5.08. The highest BCUT2D eigenvalue weighted by Crippen LogP contribution is 2.30. The molecule has 0 spiro atoms. The lowest BCUT2D eigenvalue weighted by molar-refractivity contribution is 0.0926. The van der Waals surface area contributed by atoms with Crippen molar-refractivity contribution in [3.05, 3.63) is 65.4 Å². The summed E-state index contributed by atoms with van der Waals surface area (Å²) < 4.78 is 11.1. The zero-order valence-electron chi connectivity index (χ0n) is 14.9. The van der Waals surface area contributed by atoms with Gasteiger partial charge in [-0.2, -0.15) is 0 Å². The van der Waals surface area contributed by atoms with E-state index in [1.54, 1.807) is 30.5 Å².